The number of benzene rings is 2. The van der Waals surface area contributed by atoms with Gasteiger partial charge < -0.3 is 24.8 Å². The summed E-state index contributed by atoms with van der Waals surface area (Å²) in [4.78, 5) is 24.9. The minimum absolute atomic E-state index is 0.00671. The van der Waals surface area contributed by atoms with E-state index in [0.717, 1.165) is 18.9 Å². The molecule has 3 fully saturated rings. The first-order valence-corrected chi connectivity index (χ1v) is 10.9. The van der Waals surface area contributed by atoms with Gasteiger partial charge in [0, 0.05) is 24.1 Å². The fraction of sp³-hybridized carbons (Fsp3) is 0.391. The lowest BCUT2D eigenvalue weighted by molar-refractivity contribution is -0.161. The van der Waals surface area contributed by atoms with E-state index in [2.05, 4.69) is 10.6 Å². The molecule has 1 aliphatic heterocycles. The lowest BCUT2D eigenvalue weighted by atomic mass is 9.42. The van der Waals surface area contributed by atoms with Gasteiger partial charge in [-0.1, -0.05) is 23.7 Å². The van der Waals surface area contributed by atoms with Crippen molar-refractivity contribution in [1.29, 1.82) is 0 Å². The zero-order valence-electron chi connectivity index (χ0n) is 17.1. The van der Waals surface area contributed by atoms with E-state index in [-0.39, 0.29) is 47.3 Å². The van der Waals surface area contributed by atoms with E-state index in [1.54, 1.807) is 12.1 Å². The van der Waals surface area contributed by atoms with Gasteiger partial charge in [-0.05, 0) is 43.0 Å². The molecule has 4 aliphatic rings. The molecule has 0 radical (unpaired) electrons. The molecule has 2 amide bonds. The standard InChI is InChI=1S/C23H22ClFN2O5/c24-16-6-5-14(7-17(16)25)30-12-21(28)26-10-15-13-8-23(15,9-13)27-22(29)20-11-31-18-3-1-2-4-19(18)32-20/h1-7,13,15,20H,8-12H2,(H,26,28)(H,27,29). The summed E-state index contributed by atoms with van der Waals surface area (Å²) in [6, 6.07) is 11.3. The van der Waals surface area contributed by atoms with E-state index in [1.165, 1.54) is 12.1 Å². The van der Waals surface area contributed by atoms with Crippen molar-refractivity contribution >= 4 is 23.4 Å². The average molecular weight is 461 g/mol. The molecule has 2 atom stereocenters. The van der Waals surface area contributed by atoms with Gasteiger partial charge in [0.15, 0.2) is 18.1 Å². The summed E-state index contributed by atoms with van der Waals surface area (Å²) in [5.41, 5.74) is -0.310. The molecule has 2 bridgehead atoms. The van der Waals surface area contributed by atoms with E-state index < -0.39 is 11.9 Å². The molecular weight excluding hydrogens is 439 g/mol. The maximum Gasteiger partial charge on any atom is 0.265 e. The topological polar surface area (TPSA) is 85.9 Å². The Morgan fingerprint density at radius 1 is 1.19 bits per heavy atom. The summed E-state index contributed by atoms with van der Waals surface area (Å²) < 4.78 is 30.2. The normalized spacial score (nSPS) is 26.9. The molecule has 3 saturated carbocycles. The number of carbonyl (C=O) groups is 2. The third-order valence-electron chi connectivity index (χ3n) is 6.49. The highest BCUT2D eigenvalue weighted by Crippen LogP contribution is 2.61. The van der Waals surface area contributed by atoms with Crippen molar-refractivity contribution in [3.05, 3.63) is 53.3 Å². The highest BCUT2D eigenvalue weighted by molar-refractivity contribution is 6.30. The number of halogens is 2. The largest absolute Gasteiger partial charge is 0.485 e. The summed E-state index contributed by atoms with van der Waals surface area (Å²) in [5, 5.41) is 5.96. The molecule has 6 rings (SSSR count). The molecule has 0 spiro atoms. The number of fused-ring (bicyclic) bond motifs is 1. The van der Waals surface area contributed by atoms with Crippen LogP contribution in [-0.4, -0.2) is 43.2 Å². The Balaban J connectivity index is 1.09. The summed E-state index contributed by atoms with van der Waals surface area (Å²) in [7, 11) is 0. The Bertz CT molecular complexity index is 1060. The second-order valence-corrected chi connectivity index (χ2v) is 8.86. The molecule has 0 aromatic heterocycles. The van der Waals surface area contributed by atoms with Crippen molar-refractivity contribution in [2.45, 2.75) is 24.5 Å². The van der Waals surface area contributed by atoms with Crippen LogP contribution in [0.4, 0.5) is 4.39 Å². The molecule has 2 N–H and O–H groups in total. The molecule has 2 aromatic carbocycles. The highest BCUT2D eigenvalue weighted by atomic mass is 35.5. The van der Waals surface area contributed by atoms with Gasteiger partial charge >= 0.3 is 0 Å². The molecule has 32 heavy (non-hydrogen) atoms. The van der Waals surface area contributed by atoms with Crippen molar-refractivity contribution in [3.8, 4) is 17.2 Å². The number of hydrogen-bond donors (Lipinski definition) is 2. The van der Waals surface area contributed by atoms with Gasteiger partial charge in [0.05, 0.1) is 5.02 Å². The second-order valence-electron chi connectivity index (χ2n) is 8.45. The first-order chi connectivity index (χ1) is 15.4. The fourth-order valence-electron chi connectivity index (χ4n) is 4.62. The Hall–Kier alpha value is -3.00. The third kappa shape index (κ3) is 3.83. The molecular formula is C23H22ClFN2O5. The van der Waals surface area contributed by atoms with Crippen molar-refractivity contribution in [2.24, 2.45) is 11.8 Å². The number of carbonyl (C=O) groups excluding carboxylic acids is 2. The van der Waals surface area contributed by atoms with Crippen molar-refractivity contribution in [2.75, 3.05) is 19.8 Å². The van der Waals surface area contributed by atoms with Crippen LogP contribution in [0.1, 0.15) is 12.8 Å². The van der Waals surface area contributed by atoms with Gasteiger partial charge in [-0.15, -0.1) is 0 Å². The Labute approximate surface area is 189 Å². The van der Waals surface area contributed by atoms with Crippen LogP contribution < -0.4 is 24.8 Å². The van der Waals surface area contributed by atoms with E-state index in [4.69, 9.17) is 25.8 Å². The predicted octanol–water partition coefficient (Wildman–Crippen LogP) is 2.71. The van der Waals surface area contributed by atoms with Crippen LogP contribution in [0, 0.1) is 17.7 Å². The summed E-state index contributed by atoms with van der Waals surface area (Å²) in [5.74, 6) is 0.940. The van der Waals surface area contributed by atoms with Crippen LogP contribution >= 0.6 is 11.6 Å². The number of para-hydroxylation sites is 2. The maximum absolute atomic E-state index is 13.4. The van der Waals surface area contributed by atoms with E-state index >= 15 is 0 Å². The molecule has 3 aliphatic carbocycles. The summed E-state index contributed by atoms with van der Waals surface area (Å²) in [6.07, 6.45) is 1.08. The van der Waals surface area contributed by atoms with Crippen LogP contribution in [0.2, 0.25) is 5.02 Å². The molecule has 7 nitrogen and oxygen atoms in total. The van der Waals surface area contributed by atoms with Crippen molar-refractivity contribution < 1.29 is 28.2 Å². The van der Waals surface area contributed by atoms with Crippen molar-refractivity contribution in [1.82, 2.24) is 10.6 Å². The summed E-state index contributed by atoms with van der Waals surface area (Å²) in [6.45, 7) is 0.365. The number of hydrogen-bond acceptors (Lipinski definition) is 5. The second kappa shape index (κ2) is 8.16. The Morgan fingerprint density at radius 3 is 2.69 bits per heavy atom. The quantitative estimate of drug-likeness (QED) is 0.663. The van der Waals surface area contributed by atoms with Gasteiger partial charge in [-0.25, -0.2) is 4.39 Å². The van der Waals surface area contributed by atoms with Crippen LogP contribution in [0.15, 0.2) is 42.5 Å². The lowest BCUT2D eigenvalue weighted by Crippen LogP contribution is -2.78. The van der Waals surface area contributed by atoms with E-state index in [0.29, 0.717) is 24.0 Å². The SMILES string of the molecule is O=C(COc1ccc(Cl)c(F)c1)NCC1C2CC1(NC(=O)C1COc3ccccc3O1)C2. The smallest absolute Gasteiger partial charge is 0.265 e. The number of rotatable bonds is 7. The molecule has 9 heteroatoms. The minimum Gasteiger partial charge on any atom is -0.485 e. The average Bonchev–Trinajstić information content (AvgIpc) is 2.76. The molecule has 2 unspecified atom stereocenters. The molecule has 2 aromatic rings. The Kier molecular flexibility index (Phi) is 5.33. The van der Waals surface area contributed by atoms with Crippen molar-refractivity contribution in [3.63, 3.8) is 0 Å². The molecule has 0 saturated heterocycles. The lowest BCUT2D eigenvalue weighted by Gasteiger charge is -2.68. The maximum atomic E-state index is 13.4. The monoisotopic (exact) mass is 460 g/mol. The van der Waals surface area contributed by atoms with E-state index in [1.807, 2.05) is 12.1 Å². The summed E-state index contributed by atoms with van der Waals surface area (Å²) >= 11 is 5.63. The molecule has 168 valence electrons. The van der Waals surface area contributed by atoms with Gasteiger partial charge in [0.1, 0.15) is 18.2 Å². The van der Waals surface area contributed by atoms with E-state index in [9.17, 15) is 14.0 Å². The van der Waals surface area contributed by atoms with Gasteiger partial charge in [-0.2, -0.15) is 0 Å². The first kappa shape index (κ1) is 20.9. The predicted molar refractivity (Wildman–Crippen MR) is 113 cm³/mol. The molecule has 1 heterocycles. The van der Waals surface area contributed by atoms with Crippen LogP contribution in [0.3, 0.4) is 0 Å². The van der Waals surface area contributed by atoms with Crippen LogP contribution in [0.25, 0.3) is 0 Å². The first-order valence-electron chi connectivity index (χ1n) is 10.5. The van der Waals surface area contributed by atoms with Crippen LogP contribution in [-0.2, 0) is 9.59 Å². The number of ether oxygens (including phenoxy) is 3. The van der Waals surface area contributed by atoms with Gasteiger partial charge in [0.2, 0.25) is 6.10 Å². The number of nitrogens with one attached hydrogen (secondary N) is 2. The zero-order valence-corrected chi connectivity index (χ0v) is 17.9. The highest BCUT2D eigenvalue weighted by Gasteiger charge is 2.66. The minimum atomic E-state index is -0.706. The fourth-order valence-corrected chi connectivity index (χ4v) is 4.73. The zero-order chi connectivity index (χ0) is 22.3. The van der Waals surface area contributed by atoms with Gasteiger partial charge in [-0.3, -0.25) is 9.59 Å². The van der Waals surface area contributed by atoms with Crippen LogP contribution in [0.5, 0.6) is 17.2 Å². The number of amides is 2. The Morgan fingerprint density at radius 2 is 1.97 bits per heavy atom. The van der Waals surface area contributed by atoms with Gasteiger partial charge in [0.25, 0.3) is 11.8 Å². The third-order valence-corrected chi connectivity index (χ3v) is 6.79.